The molecule has 2 aromatic rings. The smallest absolute Gasteiger partial charge is 0.264 e. The van der Waals surface area contributed by atoms with Gasteiger partial charge in [0.2, 0.25) is 0 Å². The number of nitrogens with zero attached hydrogens (tertiary/aromatic N) is 1. The van der Waals surface area contributed by atoms with Gasteiger partial charge in [0.25, 0.3) is 5.91 Å². The van der Waals surface area contributed by atoms with Crippen LogP contribution in [0.1, 0.15) is 20.8 Å². The van der Waals surface area contributed by atoms with E-state index in [2.05, 4.69) is 15.9 Å². The molecule has 0 unspecified atom stereocenters. The Kier molecular flexibility index (Phi) is 5.13. The lowest BCUT2D eigenvalue weighted by Gasteiger charge is -2.17. The Morgan fingerprint density at radius 1 is 1.40 bits per heavy atom. The molecule has 0 spiro atoms. The molecule has 1 heterocycles. The Labute approximate surface area is 140 Å². The molecule has 1 amide bonds. The minimum absolute atomic E-state index is 0.0279. The Morgan fingerprint density at radius 3 is 2.70 bits per heavy atom. The molecule has 6 heteroatoms. The number of benzene rings is 1. The van der Waals surface area contributed by atoms with E-state index in [-0.39, 0.29) is 5.91 Å². The summed E-state index contributed by atoms with van der Waals surface area (Å²) >= 11 is 17.0. The van der Waals surface area contributed by atoms with Gasteiger partial charge in [-0.3, -0.25) is 4.79 Å². The third-order valence-corrected chi connectivity index (χ3v) is 5.84. The summed E-state index contributed by atoms with van der Waals surface area (Å²) in [5.41, 5.74) is 1.90. The number of carbonyl (C=O) groups is 1. The molecular weight excluding hydrogens is 381 g/mol. The van der Waals surface area contributed by atoms with Crippen LogP contribution >= 0.6 is 50.5 Å². The minimum Gasteiger partial charge on any atom is -0.337 e. The molecule has 0 bridgehead atoms. The highest BCUT2D eigenvalue weighted by molar-refractivity contribution is 9.11. The number of aryl methyl sites for hydroxylation is 1. The molecule has 0 saturated carbocycles. The average Bonchev–Trinajstić information content (AvgIpc) is 2.74. The van der Waals surface area contributed by atoms with Crippen LogP contribution in [0.4, 0.5) is 0 Å². The zero-order chi connectivity index (χ0) is 14.9. The SMILES string of the molecule is Cc1cc(C(=O)N(C)Cc2cccc(Cl)c2Cl)sc1Br. The van der Waals surface area contributed by atoms with Crippen molar-refractivity contribution in [1.82, 2.24) is 4.90 Å². The van der Waals surface area contributed by atoms with Crippen LogP contribution in [-0.4, -0.2) is 17.9 Å². The molecular formula is C14H12BrCl2NOS. The second-order valence-electron chi connectivity index (χ2n) is 4.44. The third-order valence-electron chi connectivity index (χ3n) is 2.85. The van der Waals surface area contributed by atoms with Gasteiger partial charge >= 0.3 is 0 Å². The quantitative estimate of drug-likeness (QED) is 0.684. The highest BCUT2D eigenvalue weighted by Crippen LogP contribution is 2.29. The number of thiophene rings is 1. The largest absolute Gasteiger partial charge is 0.337 e. The first-order valence-electron chi connectivity index (χ1n) is 5.84. The zero-order valence-electron chi connectivity index (χ0n) is 10.9. The van der Waals surface area contributed by atoms with E-state index >= 15 is 0 Å². The van der Waals surface area contributed by atoms with Crippen LogP contribution < -0.4 is 0 Å². The maximum Gasteiger partial charge on any atom is 0.264 e. The number of rotatable bonds is 3. The minimum atomic E-state index is -0.0279. The Bertz CT molecular complexity index is 637. The highest BCUT2D eigenvalue weighted by Gasteiger charge is 2.17. The standard InChI is InChI=1S/C14H12BrCl2NOS/c1-8-6-11(20-13(8)15)14(19)18(2)7-9-4-3-5-10(16)12(9)17/h3-6H,7H2,1-2H3. The van der Waals surface area contributed by atoms with Gasteiger partial charge in [0, 0.05) is 13.6 Å². The van der Waals surface area contributed by atoms with Crippen molar-refractivity contribution in [2.45, 2.75) is 13.5 Å². The van der Waals surface area contributed by atoms with Crippen molar-refractivity contribution < 1.29 is 4.79 Å². The maximum atomic E-state index is 12.4. The van der Waals surface area contributed by atoms with Crippen LogP contribution in [-0.2, 0) is 6.54 Å². The van der Waals surface area contributed by atoms with E-state index < -0.39 is 0 Å². The number of carbonyl (C=O) groups excluding carboxylic acids is 1. The zero-order valence-corrected chi connectivity index (χ0v) is 14.8. The summed E-state index contributed by atoms with van der Waals surface area (Å²) in [4.78, 5) is 14.7. The Morgan fingerprint density at radius 2 is 2.10 bits per heavy atom. The van der Waals surface area contributed by atoms with Gasteiger partial charge in [0.05, 0.1) is 18.7 Å². The van der Waals surface area contributed by atoms with Gasteiger partial charge < -0.3 is 4.90 Å². The lowest BCUT2D eigenvalue weighted by molar-refractivity contribution is 0.0790. The average molecular weight is 393 g/mol. The van der Waals surface area contributed by atoms with Crippen LogP contribution in [0.5, 0.6) is 0 Å². The molecule has 0 fully saturated rings. The van der Waals surface area contributed by atoms with Crippen LogP contribution in [0, 0.1) is 6.92 Å². The molecule has 1 aromatic heterocycles. The second-order valence-corrected chi connectivity index (χ2v) is 7.60. The van der Waals surface area contributed by atoms with Crippen LogP contribution in [0.3, 0.4) is 0 Å². The van der Waals surface area contributed by atoms with E-state index in [1.807, 2.05) is 25.1 Å². The van der Waals surface area contributed by atoms with E-state index in [0.29, 0.717) is 21.5 Å². The molecule has 0 aliphatic rings. The molecule has 20 heavy (non-hydrogen) atoms. The molecule has 0 N–H and O–H groups in total. The Hall–Kier alpha value is -0.550. The summed E-state index contributed by atoms with van der Waals surface area (Å²) in [5.74, 6) is -0.0279. The molecule has 2 rings (SSSR count). The lowest BCUT2D eigenvalue weighted by atomic mass is 10.2. The molecule has 0 atom stereocenters. The summed E-state index contributed by atoms with van der Waals surface area (Å²) in [5, 5.41) is 0.997. The first-order valence-corrected chi connectivity index (χ1v) is 8.21. The first-order chi connectivity index (χ1) is 9.40. The monoisotopic (exact) mass is 391 g/mol. The fourth-order valence-corrected chi connectivity index (χ4v) is 3.66. The maximum absolute atomic E-state index is 12.4. The molecule has 2 nitrogen and oxygen atoms in total. The molecule has 0 saturated heterocycles. The van der Waals surface area contributed by atoms with Crippen molar-refractivity contribution in [2.75, 3.05) is 7.05 Å². The second kappa shape index (κ2) is 6.48. The van der Waals surface area contributed by atoms with Crippen molar-refractivity contribution in [3.05, 3.63) is 54.1 Å². The molecule has 0 aliphatic heterocycles. The molecule has 106 valence electrons. The van der Waals surface area contributed by atoms with Gasteiger partial charge in [0.15, 0.2) is 0 Å². The van der Waals surface area contributed by atoms with Crippen LogP contribution in [0.2, 0.25) is 10.0 Å². The number of halogens is 3. The molecule has 0 radical (unpaired) electrons. The lowest BCUT2D eigenvalue weighted by Crippen LogP contribution is -2.25. The summed E-state index contributed by atoms with van der Waals surface area (Å²) in [6.45, 7) is 2.39. The predicted octanol–water partition coefficient (Wildman–Crippen LogP) is 5.40. The number of hydrogen-bond donors (Lipinski definition) is 0. The van der Waals surface area contributed by atoms with Crippen molar-refractivity contribution in [2.24, 2.45) is 0 Å². The highest BCUT2D eigenvalue weighted by atomic mass is 79.9. The molecule has 1 aromatic carbocycles. The number of amides is 1. The van der Waals surface area contributed by atoms with Crippen molar-refractivity contribution in [1.29, 1.82) is 0 Å². The van der Waals surface area contributed by atoms with Gasteiger partial charge in [-0.05, 0) is 46.1 Å². The van der Waals surface area contributed by atoms with Crippen molar-refractivity contribution >= 4 is 56.4 Å². The summed E-state index contributed by atoms with van der Waals surface area (Å²) in [6, 6.07) is 7.31. The Balaban J connectivity index is 2.17. The topological polar surface area (TPSA) is 20.3 Å². The summed E-state index contributed by atoms with van der Waals surface area (Å²) < 4.78 is 0.982. The van der Waals surface area contributed by atoms with Crippen molar-refractivity contribution in [3.8, 4) is 0 Å². The number of hydrogen-bond acceptors (Lipinski definition) is 2. The van der Waals surface area contributed by atoms with Gasteiger partial charge in [-0.15, -0.1) is 11.3 Å². The summed E-state index contributed by atoms with van der Waals surface area (Å²) in [6.07, 6.45) is 0. The van der Waals surface area contributed by atoms with Gasteiger partial charge in [-0.25, -0.2) is 0 Å². The molecule has 0 aliphatic carbocycles. The summed E-state index contributed by atoms with van der Waals surface area (Å²) in [7, 11) is 1.75. The van der Waals surface area contributed by atoms with Gasteiger partial charge in [-0.2, -0.15) is 0 Å². The first kappa shape index (κ1) is 15.8. The van der Waals surface area contributed by atoms with Crippen LogP contribution in [0.15, 0.2) is 28.1 Å². The van der Waals surface area contributed by atoms with E-state index in [9.17, 15) is 4.79 Å². The third kappa shape index (κ3) is 3.37. The van der Waals surface area contributed by atoms with E-state index in [0.717, 1.165) is 14.9 Å². The van der Waals surface area contributed by atoms with Gasteiger partial charge in [-0.1, -0.05) is 35.3 Å². The fraction of sp³-hybridized carbons (Fsp3) is 0.214. The van der Waals surface area contributed by atoms with Crippen LogP contribution in [0.25, 0.3) is 0 Å². The van der Waals surface area contributed by atoms with E-state index in [1.165, 1.54) is 11.3 Å². The van der Waals surface area contributed by atoms with E-state index in [1.54, 1.807) is 18.0 Å². The van der Waals surface area contributed by atoms with Gasteiger partial charge in [0.1, 0.15) is 0 Å². The normalized spacial score (nSPS) is 10.7. The van der Waals surface area contributed by atoms with E-state index in [4.69, 9.17) is 23.2 Å². The predicted molar refractivity (Wildman–Crippen MR) is 89.0 cm³/mol. The van der Waals surface area contributed by atoms with Crippen molar-refractivity contribution in [3.63, 3.8) is 0 Å². The fourth-order valence-electron chi connectivity index (χ4n) is 1.75.